The van der Waals surface area contributed by atoms with Gasteiger partial charge in [-0.15, -0.1) is 24.2 Å². The molecule has 5 heteroatoms. The van der Waals surface area contributed by atoms with Gasteiger partial charge in [0.2, 0.25) is 5.91 Å². The zero-order valence-corrected chi connectivity index (χ0v) is 14.0. The number of fused-ring (bicyclic) bond motifs is 2. The highest BCUT2D eigenvalue weighted by molar-refractivity contribution is 8.00. The van der Waals surface area contributed by atoms with E-state index in [4.69, 9.17) is 0 Å². The van der Waals surface area contributed by atoms with E-state index in [0.29, 0.717) is 23.9 Å². The summed E-state index contributed by atoms with van der Waals surface area (Å²) >= 11 is 1.63. The van der Waals surface area contributed by atoms with Crippen molar-refractivity contribution in [3.05, 3.63) is 30.3 Å². The summed E-state index contributed by atoms with van der Waals surface area (Å²) in [5.41, 5.74) is 0. The number of halogens is 1. The maximum Gasteiger partial charge on any atom is 0.232 e. The number of piperidine rings is 1. The summed E-state index contributed by atoms with van der Waals surface area (Å²) < 4.78 is 0. The van der Waals surface area contributed by atoms with Gasteiger partial charge in [-0.3, -0.25) is 4.79 Å². The lowest BCUT2D eigenvalue weighted by Gasteiger charge is -2.35. The minimum Gasteiger partial charge on any atom is -0.342 e. The number of nitrogens with zero attached hydrogens (tertiary/aromatic N) is 1. The van der Waals surface area contributed by atoms with E-state index in [2.05, 4.69) is 17.4 Å². The van der Waals surface area contributed by atoms with Crippen LogP contribution in [0.25, 0.3) is 0 Å². The van der Waals surface area contributed by atoms with E-state index in [9.17, 15) is 4.79 Å². The first-order valence-corrected chi connectivity index (χ1v) is 8.40. The van der Waals surface area contributed by atoms with Crippen LogP contribution >= 0.6 is 24.2 Å². The molecular weight excluding hydrogens is 304 g/mol. The van der Waals surface area contributed by atoms with E-state index in [-0.39, 0.29) is 18.3 Å². The largest absolute Gasteiger partial charge is 0.342 e. The molecule has 2 fully saturated rings. The third kappa shape index (κ3) is 4.15. The highest BCUT2D eigenvalue weighted by Crippen LogP contribution is 2.29. The molecule has 3 rings (SSSR count). The molecule has 1 aromatic rings. The molecule has 2 saturated heterocycles. The Morgan fingerprint density at radius 2 is 1.86 bits per heavy atom. The Labute approximate surface area is 137 Å². The van der Waals surface area contributed by atoms with Gasteiger partial charge in [-0.1, -0.05) is 18.2 Å². The number of carbonyl (C=O) groups excluding carboxylic acids is 1. The Hall–Kier alpha value is -0.710. The molecule has 1 aromatic carbocycles. The Balaban J connectivity index is 0.00000161. The second-order valence-corrected chi connectivity index (χ2v) is 6.92. The highest BCUT2D eigenvalue weighted by atomic mass is 35.5. The lowest BCUT2D eigenvalue weighted by Crippen LogP contribution is -2.49. The standard InChI is InChI=1S/C16H22N2OS.ClH/c1-18(14-9-12-7-8-13(10-14)17-12)16(19)11-20-15-5-3-2-4-6-15;/h2-6,12-14,17H,7-11H2,1H3;1H. The number of nitrogens with one attached hydrogen (secondary N) is 1. The fourth-order valence-electron chi connectivity index (χ4n) is 3.31. The second kappa shape index (κ2) is 7.52. The first-order valence-electron chi connectivity index (χ1n) is 7.42. The van der Waals surface area contributed by atoms with Crippen LogP contribution in [0.1, 0.15) is 25.7 Å². The molecule has 21 heavy (non-hydrogen) atoms. The topological polar surface area (TPSA) is 32.3 Å². The van der Waals surface area contributed by atoms with Gasteiger partial charge in [0.1, 0.15) is 0 Å². The SMILES string of the molecule is CN(C(=O)CSc1ccccc1)C1CC2CCC(C1)N2.Cl. The zero-order valence-electron chi connectivity index (χ0n) is 12.3. The quantitative estimate of drug-likeness (QED) is 0.863. The molecule has 0 aromatic heterocycles. The van der Waals surface area contributed by atoms with Crippen LogP contribution in [0.5, 0.6) is 0 Å². The summed E-state index contributed by atoms with van der Waals surface area (Å²) in [4.78, 5) is 15.5. The summed E-state index contributed by atoms with van der Waals surface area (Å²) in [6, 6.07) is 11.8. The number of hydrogen-bond donors (Lipinski definition) is 1. The van der Waals surface area contributed by atoms with E-state index in [0.717, 1.165) is 12.8 Å². The van der Waals surface area contributed by atoms with Crippen molar-refractivity contribution in [3.63, 3.8) is 0 Å². The number of amides is 1. The molecule has 0 radical (unpaired) electrons. The maximum absolute atomic E-state index is 12.3. The van der Waals surface area contributed by atoms with Gasteiger partial charge in [0, 0.05) is 30.1 Å². The molecular formula is C16H23ClN2OS. The van der Waals surface area contributed by atoms with E-state index in [1.54, 1.807) is 11.8 Å². The summed E-state index contributed by atoms with van der Waals surface area (Å²) in [5, 5.41) is 3.63. The third-order valence-corrected chi connectivity index (χ3v) is 5.49. The molecule has 0 saturated carbocycles. The normalized spacial score (nSPS) is 27.0. The smallest absolute Gasteiger partial charge is 0.232 e. The zero-order chi connectivity index (χ0) is 13.9. The average molecular weight is 327 g/mol. The van der Waals surface area contributed by atoms with Crippen molar-refractivity contribution in [2.45, 2.75) is 48.7 Å². The van der Waals surface area contributed by atoms with Crippen LogP contribution in [-0.2, 0) is 4.79 Å². The average Bonchev–Trinajstić information content (AvgIpc) is 2.83. The third-order valence-electron chi connectivity index (χ3n) is 4.49. The van der Waals surface area contributed by atoms with Crippen molar-refractivity contribution in [1.82, 2.24) is 10.2 Å². The molecule has 2 unspecified atom stereocenters. The van der Waals surface area contributed by atoms with Crippen LogP contribution in [0.3, 0.4) is 0 Å². The van der Waals surface area contributed by atoms with Crippen molar-refractivity contribution in [2.24, 2.45) is 0 Å². The van der Waals surface area contributed by atoms with Crippen LogP contribution in [0, 0.1) is 0 Å². The first kappa shape index (κ1) is 16.7. The molecule has 3 nitrogen and oxygen atoms in total. The molecule has 2 heterocycles. The number of rotatable bonds is 4. The van der Waals surface area contributed by atoms with Crippen molar-refractivity contribution >= 4 is 30.1 Å². The molecule has 2 aliphatic heterocycles. The van der Waals surface area contributed by atoms with Crippen LogP contribution in [-0.4, -0.2) is 41.7 Å². The Morgan fingerprint density at radius 1 is 1.24 bits per heavy atom. The van der Waals surface area contributed by atoms with E-state index >= 15 is 0 Å². The number of carbonyl (C=O) groups is 1. The summed E-state index contributed by atoms with van der Waals surface area (Å²) in [6.45, 7) is 0. The molecule has 1 N–H and O–H groups in total. The summed E-state index contributed by atoms with van der Waals surface area (Å²) in [5.74, 6) is 0.796. The fourth-order valence-corrected chi connectivity index (χ4v) is 4.15. The Bertz CT molecular complexity index is 459. The van der Waals surface area contributed by atoms with Crippen molar-refractivity contribution in [2.75, 3.05) is 12.8 Å². The lowest BCUT2D eigenvalue weighted by atomic mass is 9.98. The van der Waals surface area contributed by atoms with Crippen LogP contribution in [0.2, 0.25) is 0 Å². The summed E-state index contributed by atoms with van der Waals surface area (Å²) in [7, 11) is 1.98. The molecule has 1 amide bonds. The molecule has 116 valence electrons. The summed E-state index contributed by atoms with van der Waals surface area (Å²) in [6.07, 6.45) is 4.80. The number of thioether (sulfide) groups is 1. The predicted octanol–water partition coefficient (Wildman–Crippen LogP) is 2.94. The first-order chi connectivity index (χ1) is 9.72. The van der Waals surface area contributed by atoms with Crippen molar-refractivity contribution in [3.8, 4) is 0 Å². The molecule has 2 aliphatic rings. The van der Waals surface area contributed by atoms with E-state index in [1.165, 1.54) is 17.7 Å². The monoisotopic (exact) mass is 326 g/mol. The van der Waals surface area contributed by atoms with Gasteiger partial charge in [0.05, 0.1) is 5.75 Å². The van der Waals surface area contributed by atoms with Gasteiger partial charge in [-0.2, -0.15) is 0 Å². The molecule has 0 spiro atoms. The Morgan fingerprint density at radius 3 is 2.48 bits per heavy atom. The minimum absolute atomic E-state index is 0. The van der Waals surface area contributed by atoms with E-state index < -0.39 is 0 Å². The van der Waals surface area contributed by atoms with Crippen molar-refractivity contribution in [1.29, 1.82) is 0 Å². The second-order valence-electron chi connectivity index (χ2n) is 5.87. The van der Waals surface area contributed by atoms with Gasteiger partial charge in [0.25, 0.3) is 0 Å². The predicted molar refractivity (Wildman–Crippen MR) is 90.2 cm³/mol. The van der Waals surface area contributed by atoms with E-state index in [1.807, 2.05) is 30.1 Å². The van der Waals surface area contributed by atoms with Gasteiger partial charge in [-0.25, -0.2) is 0 Å². The minimum atomic E-state index is 0. The fraction of sp³-hybridized carbons (Fsp3) is 0.562. The van der Waals surface area contributed by atoms with Crippen LogP contribution in [0.15, 0.2) is 35.2 Å². The number of hydrogen-bond acceptors (Lipinski definition) is 3. The highest BCUT2D eigenvalue weighted by Gasteiger charge is 2.36. The van der Waals surface area contributed by atoms with Crippen LogP contribution in [0.4, 0.5) is 0 Å². The van der Waals surface area contributed by atoms with Gasteiger partial charge < -0.3 is 10.2 Å². The maximum atomic E-state index is 12.3. The van der Waals surface area contributed by atoms with Gasteiger partial charge in [0.15, 0.2) is 0 Å². The number of benzene rings is 1. The molecule has 0 aliphatic carbocycles. The molecule has 2 atom stereocenters. The van der Waals surface area contributed by atoms with Gasteiger partial charge in [-0.05, 0) is 37.8 Å². The van der Waals surface area contributed by atoms with Gasteiger partial charge >= 0.3 is 0 Å². The lowest BCUT2D eigenvalue weighted by molar-refractivity contribution is -0.129. The van der Waals surface area contributed by atoms with Crippen LogP contribution < -0.4 is 5.32 Å². The molecule has 2 bridgehead atoms. The van der Waals surface area contributed by atoms with Crippen molar-refractivity contribution < 1.29 is 4.79 Å². The Kier molecular flexibility index (Phi) is 5.97.